The summed E-state index contributed by atoms with van der Waals surface area (Å²) in [6.07, 6.45) is 3.84. The zero-order valence-electron chi connectivity index (χ0n) is 10.9. The minimum absolute atomic E-state index is 0.110. The van der Waals surface area contributed by atoms with Crippen molar-refractivity contribution in [3.63, 3.8) is 0 Å². The highest BCUT2D eigenvalue weighted by Gasteiger charge is 2.07. The van der Waals surface area contributed by atoms with E-state index >= 15 is 0 Å². The van der Waals surface area contributed by atoms with E-state index in [0.717, 1.165) is 20.3 Å². The Bertz CT molecular complexity index is 796. The van der Waals surface area contributed by atoms with Gasteiger partial charge in [-0.25, -0.2) is 4.98 Å². The van der Waals surface area contributed by atoms with Crippen LogP contribution in [0.2, 0.25) is 0 Å². The molecule has 3 aromatic rings. The maximum absolute atomic E-state index is 12.0. The van der Waals surface area contributed by atoms with Crippen molar-refractivity contribution in [3.05, 3.63) is 69.0 Å². The summed E-state index contributed by atoms with van der Waals surface area (Å²) >= 11 is 6.77. The van der Waals surface area contributed by atoms with Crippen molar-refractivity contribution in [2.45, 2.75) is 6.54 Å². The standard InChI is InChI=1S/C15H11Br2N3O/c16-11-3-1-10(2-4-11)15(21)18-7-13-9-20-8-12(17)5-6-14(20)19-13/h1-6,8-9H,7H2,(H,18,21). The number of nitrogens with zero attached hydrogens (tertiary/aromatic N) is 2. The molecule has 0 aliphatic carbocycles. The molecule has 4 nitrogen and oxygen atoms in total. The molecule has 1 amide bonds. The van der Waals surface area contributed by atoms with Crippen LogP contribution in [-0.4, -0.2) is 15.3 Å². The number of hydrogen-bond donors (Lipinski definition) is 1. The number of benzene rings is 1. The molecule has 0 unspecified atom stereocenters. The van der Waals surface area contributed by atoms with Crippen molar-refractivity contribution in [3.8, 4) is 0 Å². The van der Waals surface area contributed by atoms with E-state index in [2.05, 4.69) is 42.2 Å². The van der Waals surface area contributed by atoms with Gasteiger partial charge in [0.25, 0.3) is 5.91 Å². The zero-order chi connectivity index (χ0) is 14.8. The van der Waals surface area contributed by atoms with E-state index in [1.165, 1.54) is 0 Å². The van der Waals surface area contributed by atoms with Crippen molar-refractivity contribution in [2.75, 3.05) is 0 Å². The topological polar surface area (TPSA) is 46.4 Å². The fourth-order valence-electron chi connectivity index (χ4n) is 1.98. The third kappa shape index (κ3) is 3.33. The number of halogens is 2. The van der Waals surface area contributed by atoms with E-state index in [1.54, 1.807) is 12.1 Å². The van der Waals surface area contributed by atoms with Gasteiger partial charge in [0, 0.05) is 26.9 Å². The van der Waals surface area contributed by atoms with Gasteiger partial charge in [0.15, 0.2) is 0 Å². The third-order valence-electron chi connectivity index (χ3n) is 3.00. The molecule has 1 aromatic carbocycles. The molecule has 106 valence electrons. The number of carbonyl (C=O) groups is 1. The molecule has 6 heteroatoms. The maximum atomic E-state index is 12.0. The first-order valence-corrected chi connectivity index (χ1v) is 7.87. The molecule has 0 bridgehead atoms. The lowest BCUT2D eigenvalue weighted by Gasteiger charge is -2.03. The minimum atomic E-state index is -0.110. The summed E-state index contributed by atoms with van der Waals surface area (Å²) in [4.78, 5) is 16.5. The summed E-state index contributed by atoms with van der Waals surface area (Å²) in [5, 5.41) is 2.87. The first kappa shape index (κ1) is 14.3. The molecule has 1 N–H and O–H groups in total. The Morgan fingerprint density at radius 3 is 2.52 bits per heavy atom. The molecule has 0 aliphatic heterocycles. The number of nitrogens with one attached hydrogen (secondary N) is 1. The molecule has 21 heavy (non-hydrogen) atoms. The Kier molecular flexibility index (Phi) is 4.07. The number of pyridine rings is 1. The number of amides is 1. The van der Waals surface area contributed by atoms with Gasteiger partial charge in [-0.05, 0) is 52.3 Å². The first-order valence-electron chi connectivity index (χ1n) is 6.29. The van der Waals surface area contributed by atoms with E-state index in [1.807, 2.05) is 41.1 Å². The second-order valence-corrected chi connectivity index (χ2v) is 6.37. The monoisotopic (exact) mass is 407 g/mol. The highest BCUT2D eigenvalue weighted by atomic mass is 79.9. The number of carbonyl (C=O) groups excluding carboxylic acids is 1. The smallest absolute Gasteiger partial charge is 0.251 e. The van der Waals surface area contributed by atoms with Crippen LogP contribution in [0.15, 0.2) is 57.7 Å². The summed E-state index contributed by atoms with van der Waals surface area (Å²) in [5.74, 6) is -0.110. The number of rotatable bonds is 3. The lowest BCUT2D eigenvalue weighted by molar-refractivity contribution is 0.0950. The van der Waals surface area contributed by atoms with E-state index in [4.69, 9.17) is 0 Å². The molecule has 0 atom stereocenters. The van der Waals surface area contributed by atoms with Crippen molar-refractivity contribution < 1.29 is 4.79 Å². The quantitative estimate of drug-likeness (QED) is 0.716. The summed E-state index contributed by atoms with van der Waals surface area (Å²) in [7, 11) is 0. The molecular formula is C15H11Br2N3O. The average molecular weight is 409 g/mol. The van der Waals surface area contributed by atoms with Crippen molar-refractivity contribution in [1.29, 1.82) is 0 Å². The Labute approximate surface area is 138 Å². The Hall–Kier alpha value is -1.66. The number of aromatic nitrogens is 2. The number of fused-ring (bicyclic) bond motifs is 1. The van der Waals surface area contributed by atoms with Gasteiger partial charge in [0.2, 0.25) is 0 Å². The lowest BCUT2D eigenvalue weighted by Crippen LogP contribution is -2.22. The van der Waals surface area contributed by atoms with Gasteiger partial charge < -0.3 is 9.72 Å². The van der Waals surface area contributed by atoms with Crippen LogP contribution in [-0.2, 0) is 6.54 Å². The highest BCUT2D eigenvalue weighted by molar-refractivity contribution is 9.10. The molecule has 0 aliphatic rings. The van der Waals surface area contributed by atoms with E-state index in [9.17, 15) is 4.79 Å². The second kappa shape index (κ2) is 5.99. The number of imidazole rings is 1. The largest absolute Gasteiger partial charge is 0.346 e. The van der Waals surface area contributed by atoms with Crippen LogP contribution in [0.3, 0.4) is 0 Å². The Balaban J connectivity index is 1.71. The Morgan fingerprint density at radius 1 is 1.05 bits per heavy atom. The zero-order valence-corrected chi connectivity index (χ0v) is 14.1. The van der Waals surface area contributed by atoms with Gasteiger partial charge in [-0.1, -0.05) is 15.9 Å². The lowest BCUT2D eigenvalue weighted by atomic mass is 10.2. The van der Waals surface area contributed by atoms with Gasteiger partial charge in [-0.2, -0.15) is 0 Å². The van der Waals surface area contributed by atoms with Crippen LogP contribution in [0.1, 0.15) is 16.1 Å². The summed E-state index contributed by atoms with van der Waals surface area (Å²) in [6, 6.07) is 11.1. The molecule has 0 spiro atoms. The van der Waals surface area contributed by atoms with E-state index < -0.39 is 0 Å². The normalized spacial score (nSPS) is 10.8. The van der Waals surface area contributed by atoms with E-state index in [0.29, 0.717) is 12.1 Å². The highest BCUT2D eigenvalue weighted by Crippen LogP contribution is 2.13. The van der Waals surface area contributed by atoms with Gasteiger partial charge in [0.1, 0.15) is 5.65 Å². The number of hydrogen-bond acceptors (Lipinski definition) is 2. The fraction of sp³-hybridized carbons (Fsp3) is 0.0667. The second-order valence-electron chi connectivity index (χ2n) is 4.53. The van der Waals surface area contributed by atoms with Crippen molar-refractivity contribution in [1.82, 2.24) is 14.7 Å². The third-order valence-corrected chi connectivity index (χ3v) is 4.00. The predicted molar refractivity (Wildman–Crippen MR) is 88.2 cm³/mol. The van der Waals surface area contributed by atoms with Crippen LogP contribution >= 0.6 is 31.9 Å². The minimum Gasteiger partial charge on any atom is -0.346 e. The summed E-state index contributed by atoms with van der Waals surface area (Å²) in [6.45, 7) is 0.397. The molecule has 2 aromatic heterocycles. The van der Waals surface area contributed by atoms with Crippen LogP contribution in [0.4, 0.5) is 0 Å². The molecule has 0 fully saturated rings. The average Bonchev–Trinajstić information content (AvgIpc) is 2.87. The summed E-state index contributed by atoms with van der Waals surface area (Å²) < 4.78 is 3.85. The van der Waals surface area contributed by atoms with Gasteiger partial charge in [0.05, 0.1) is 12.2 Å². The molecule has 3 rings (SSSR count). The van der Waals surface area contributed by atoms with Gasteiger partial charge in [-0.3, -0.25) is 4.79 Å². The maximum Gasteiger partial charge on any atom is 0.251 e. The van der Waals surface area contributed by atoms with E-state index in [-0.39, 0.29) is 5.91 Å². The fourth-order valence-corrected chi connectivity index (χ4v) is 2.59. The SMILES string of the molecule is O=C(NCc1cn2cc(Br)ccc2n1)c1ccc(Br)cc1. The van der Waals surface area contributed by atoms with Gasteiger partial charge in [-0.15, -0.1) is 0 Å². The summed E-state index contributed by atoms with van der Waals surface area (Å²) in [5.41, 5.74) is 2.30. The van der Waals surface area contributed by atoms with Crippen molar-refractivity contribution in [2.24, 2.45) is 0 Å². The van der Waals surface area contributed by atoms with Crippen molar-refractivity contribution >= 4 is 43.4 Å². The molecular weight excluding hydrogens is 398 g/mol. The Morgan fingerprint density at radius 2 is 1.76 bits per heavy atom. The van der Waals surface area contributed by atoms with Crippen LogP contribution in [0.5, 0.6) is 0 Å². The van der Waals surface area contributed by atoms with Crippen LogP contribution in [0.25, 0.3) is 5.65 Å². The first-order chi connectivity index (χ1) is 10.1. The van der Waals surface area contributed by atoms with Crippen LogP contribution in [0, 0.1) is 0 Å². The van der Waals surface area contributed by atoms with Crippen LogP contribution < -0.4 is 5.32 Å². The molecule has 0 saturated heterocycles. The molecule has 0 saturated carbocycles. The predicted octanol–water partition coefficient (Wildman–Crippen LogP) is 3.79. The molecule has 2 heterocycles. The van der Waals surface area contributed by atoms with Gasteiger partial charge >= 0.3 is 0 Å². The molecule has 0 radical (unpaired) electrons.